The molecule has 0 bridgehead atoms. The maximum Gasteiger partial charge on any atom is 0.119 e. The van der Waals surface area contributed by atoms with Crippen LogP contribution in [-0.2, 0) is 0 Å². The van der Waals surface area contributed by atoms with Crippen molar-refractivity contribution in [3.8, 4) is 5.75 Å². The second-order valence-corrected chi connectivity index (χ2v) is 5.76. The van der Waals surface area contributed by atoms with E-state index in [2.05, 4.69) is 50.4 Å². The van der Waals surface area contributed by atoms with Gasteiger partial charge in [0.25, 0.3) is 0 Å². The Morgan fingerprint density at radius 2 is 1.76 bits per heavy atom. The summed E-state index contributed by atoms with van der Waals surface area (Å²) in [6, 6.07) is 9.08. The molecule has 2 nitrogen and oxygen atoms in total. The van der Waals surface area contributed by atoms with Gasteiger partial charge in [-0.2, -0.15) is 0 Å². The quantitative estimate of drug-likeness (QED) is 0.594. The summed E-state index contributed by atoms with van der Waals surface area (Å²) >= 11 is 0. The average Bonchev–Trinajstić information content (AvgIpc) is 2.51. The number of ether oxygens (including phenoxy) is 1. The minimum absolute atomic E-state index is 0.465. The molecule has 120 valence electrons. The zero-order chi connectivity index (χ0) is 15.5. The number of nitrogens with one attached hydrogen (secondary N) is 1. The van der Waals surface area contributed by atoms with Crippen LogP contribution in [0.15, 0.2) is 24.3 Å². The van der Waals surface area contributed by atoms with Crippen molar-refractivity contribution in [1.29, 1.82) is 0 Å². The highest BCUT2D eigenvalue weighted by Gasteiger charge is 2.16. The SMILES string of the molecule is CCCCC(CC)CC(NCC)c1ccc(OCC)cc1. The van der Waals surface area contributed by atoms with Gasteiger partial charge in [-0.25, -0.2) is 0 Å². The molecule has 0 aliphatic rings. The van der Waals surface area contributed by atoms with Crippen LogP contribution >= 0.6 is 0 Å². The predicted octanol–water partition coefficient (Wildman–Crippen LogP) is 5.34. The van der Waals surface area contributed by atoms with Gasteiger partial charge in [0, 0.05) is 6.04 Å². The highest BCUT2D eigenvalue weighted by molar-refractivity contribution is 5.29. The topological polar surface area (TPSA) is 21.3 Å². The molecular weight excluding hydrogens is 258 g/mol. The Hall–Kier alpha value is -1.02. The van der Waals surface area contributed by atoms with Crippen molar-refractivity contribution in [1.82, 2.24) is 5.32 Å². The van der Waals surface area contributed by atoms with Crippen LogP contribution < -0.4 is 10.1 Å². The molecule has 2 atom stereocenters. The highest BCUT2D eigenvalue weighted by Crippen LogP contribution is 2.27. The van der Waals surface area contributed by atoms with Gasteiger partial charge in [-0.05, 0) is 43.5 Å². The van der Waals surface area contributed by atoms with E-state index in [1.165, 1.54) is 37.7 Å². The third kappa shape index (κ3) is 6.52. The number of rotatable bonds is 11. The third-order valence-corrected chi connectivity index (χ3v) is 4.16. The second-order valence-electron chi connectivity index (χ2n) is 5.76. The van der Waals surface area contributed by atoms with Gasteiger partial charge < -0.3 is 10.1 Å². The smallest absolute Gasteiger partial charge is 0.119 e. The highest BCUT2D eigenvalue weighted by atomic mass is 16.5. The molecule has 2 unspecified atom stereocenters. The second kappa shape index (κ2) is 10.7. The zero-order valence-electron chi connectivity index (χ0n) is 14.3. The largest absolute Gasteiger partial charge is 0.494 e. The molecule has 2 heteroatoms. The van der Waals surface area contributed by atoms with E-state index >= 15 is 0 Å². The Kier molecular flexibility index (Phi) is 9.16. The van der Waals surface area contributed by atoms with Gasteiger partial charge in [0.2, 0.25) is 0 Å². The monoisotopic (exact) mass is 291 g/mol. The van der Waals surface area contributed by atoms with Crippen LogP contribution in [0.4, 0.5) is 0 Å². The first-order valence-corrected chi connectivity index (χ1v) is 8.71. The molecule has 1 N–H and O–H groups in total. The molecule has 1 aromatic rings. The first kappa shape index (κ1) is 18.0. The van der Waals surface area contributed by atoms with Gasteiger partial charge in [0.05, 0.1) is 6.61 Å². The predicted molar refractivity (Wildman–Crippen MR) is 92.0 cm³/mol. The van der Waals surface area contributed by atoms with Crippen LogP contribution in [-0.4, -0.2) is 13.2 Å². The Morgan fingerprint density at radius 3 is 2.29 bits per heavy atom. The van der Waals surface area contributed by atoms with Crippen LogP contribution in [0.2, 0.25) is 0 Å². The summed E-state index contributed by atoms with van der Waals surface area (Å²) in [4.78, 5) is 0. The first-order valence-electron chi connectivity index (χ1n) is 8.71. The molecule has 1 rings (SSSR count). The summed E-state index contributed by atoms with van der Waals surface area (Å²) in [6.07, 6.45) is 6.51. The van der Waals surface area contributed by atoms with Crippen molar-refractivity contribution in [3.05, 3.63) is 29.8 Å². The third-order valence-electron chi connectivity index (χ3n) is 4.16. The molecule has 0 saturated carbocycles. The first-order chi connectivity index (χ1) is 10.2. The normalized spacial score (nSPS) is 13.9. The van der Waals surface area contributed by atoms with Crippen LogP contribution in [0.5, 0.6) is 5.75 Å². The molecule has 0 aliphatic heterocycles. The fraction of sp³-hybridized carbons (Fsp3) is 0.684. The fourth-order valence-electron chi connectivity index (χ4n) is 2.86. The zero-order valence-corrected chi connectivity index (χ0v) is 14.3. The Labute approximate surface area is 131 Å². The van der Waals surface area contributed by atoms with E-state index in [0.29, 0.717) is 6.04 Å². The summed E-state index contributed by atoms with van der Waals surface area (Å²) < 4.78 is 5.54. The summed E-state index contributed by atoms with van der Waals surface area (Å²) in [5.41, 5.74) is 1.38. The van der Waals surface area contributed by atoms with E-state index in [1.54, 1.807) is 0 Å². The molecule has 1 aromatic carbocycles. The number of unbranched alkanes of at least 4 members (excludes halogenated alkanes) is 1. The lowest BCUT2D eigenvalue weighted by molar-refractivity contribution is 0.339. The minimum atomic E-state index is 0.465. The molecule has 0 spiro atoms. The van der Waals surface area contributed by atoms with Gasteiger partial charge >= 0.3 is 0 Å². The molecule has 0 heterocycles. The summed E-state index contributed by atoms with van der Waals surface area (Å²) in [5, 5.41) is 3.65. The number of hydrogen-bond acceptors (Lipinski definition) is 2. The van der Waals surface area contributed by atoms with Crippen molar-refractivity contribution in [2.75, 3.05) is 13.2 Å². The van der Waals surface area contributed by atoms with Gasteiger partial charge in [-0.1, -0.05) is 58.6 Å². The summed E-state index contributed by atoms with van der Waals surface area (Å²) in [7, 11) is 0. The number of hydrogen-bond donors (Lipinski definition) is 1. The van der Waals surface area contributed by atoms with Crippen molar-refractivity contribution >= 4 is 0 Å². The lowest BCUT2D eigenvalue weighted by Gasteiger charge is -2.24. The lowest BCUT2D eigenvalue weighted by Crippen LogP contribution is -2.23. The molecule has 0 aromatic heterocycles. The molecule has 0 fully saturated rings. The lowest BCUT2D eigenvalue weighted by atomic mass is 9.89. The van der Waals surface area contributed by atoms with Gasteiger partial charge in [0.15, 0.2) is 0 Å². The van der Waals surface area contributed by atoms with Crippen molar-refractivity contribution < 1.29 is 4.74 Å². The average molecular weight is 291 g/mol. The maximum atomic E-state index is 5.54. The van der Waals surface area contributed by atoms with Crippen molar-refractivity contribution in [3.63, 3.8) is 0 Å². The van der Waals surface area contributed by atoms with Crippen LogP contribution in [0, 0.1) is 5.92 Å². The molecular formula is C19H33NO. The molecule has 0 saturated heterocycles. The van der Waals surface area contributed by atoms with Gasteiger partial charge in [-0.15, -0.1) is 0 Å². The van der Waals surface area contributed by atoms with Crippen molar-refractivity contribution in [2.24, 2.45) is 5.92 Å². The van der Waals surface area contributed by atoms with Gasteiger partial charge in [-0.3, -0.25) is 0 Å². The summed E-state index contributed by atoms with van der Waals surface area (Å²) in [5.74, 6) is 1.79. The Morgan fingerprint density at radius 1 is 1.05 bits per heavy atom. The molecule has 0 amide bonds. The molecule has 0 radical (unpaired) electrons. The molecule has 21 heavy (non-hydrogen) atoms. The summed E-state index contributed by atoms with van der Waals surface area (Å²) in [6.45, 7) is 10.6. The van der Waals surface area contributed by atoms with Crippen LogP contribution in [0.1, 0.15) is 71.4 Å². The van der Waals surface area contributed by atoms with E-state index in [-0.39, 0.29) is 0 Å². The molecule has 0 aliphatic carbocycles. The van der Waals surface area contributed by atoms with E-state index in [9.17, 15) is 0 Å². The Balaban J connectivity index is 2.70. The minimum Gasteiger partial charge on any atom is -0.494 e. The Bertz CT molecular complexity index is 360. The van der Waals surface area contributed by atoms with E-state index in [4.69, 9.17) is 4.74 Å². The fourth-order valence-corrected chi connectivity index (χ4v) is 2.86. The van der Waals surface area contributed by atoms with E-state index < -0.39 is 0 Å². The van der Waals surface area contributed by atoms with Gasteiger partial charge in [0.1, 0.15) is 5.75 Å². The van der Waals surface area contributed by atoms with Crippen LogP contribution in [0.3, 0.4) is 0 Å². The maximum absolute atomic E-state index is 5.54. The van der Waals surface area contributed by atoms with E-state index in [1.807, 2.05) is 6.92 Å². The van der Waals surface area contributed by atoms with E-state index in [0.717, 1.165) is 24.8 Å². The van der Waals surface area contributed by atoms with Crippen LogP contribution in [0.25, 0.3) is 0 Å². The van der Waals surface area contributed by atoms with Crippen molar-refractivity contribution in [2.45, 2.75) is 65.8 Å². The standard InChI is InChI=1S/C19H33NO/c1-5-9-10-16(6-2)15-19(20-7-3)17-11-13-18(14-12-17)21-8-4/h11-14,16,19-20H,5-10,15H2,1-4H3. The number of benzene rings is 1.